The number of hydrogen-bond acceptors (Lipinski definition) is 9. The fourth-order valence-electron chi connectivity index (χ4n) is 6.80. The summed E-state index contributed by atoms with van der Waals surface area (Å²) in [5, 5.41) is 33.5. The van der Waals surface area contributed by atoms with Crippen LogP contribution in [-0.4, -0.2) is 54.0 Å². The molecular formula is C33H31ClO9. The predicted octanol–water partition coefficient (Wildman–Crippen LogP) is 6.36. The molecule has 0 aromatic heterocycles. The Morgan fingerprint density at radius 1 is 0.884 bits per heavy atom. The van der Waals surface area contributed by atoms with E-state index in [2.05, 4.69) is 0 Å². The van der Waals surface area contributed by atoms with Gasteiger partial charge in [-0.05, 0) is 49.2 Å². The van der Waals surface area contributed by atoms with Crippen LogP contribution in [0, 0.1) is 12.3 Å². The molecule has 10 heteroatoms. The van der Waals surface area contributed by atoms with Crippen LogP contribution in [0.5, 0.6) is 28.7 Å². The highest BCUT2D eigenvalue weighted by atomic mass is 35.5. The molecule has 0 saturated carbocycles. The van der Waals surface area contributed by atoms with Gasteiger partial charge in [0.2, 0.25) is 0 Å². The zero-order valence-electron chi connectivity index (χ0n) is 24.8. The van der Waals surface area contributed by atoms with Gasteiger partial charge in [-0.25, -0.2) is 0 Å². The van der Waals surface area contributed by atoms with E-state index in [-0.39, 0.29) is 55.7 Å². The lowest BCUT2D eigenvalue weighted by Gasteiger charge is -2.52. The van der Waals surface area contributed by atoms with Crippen LogP contribution in [0.25, 0.3) is 16.9 Å². The minimum absolute atomic E-state index is 0.0129. The monoisotopic (exact) mass is 606 g/mol. The number of carbonyl (C=O) groups is 3. The number of benzene rings is 3. The number of methoxy groups -OCH3 is 3. The van der Waals surface area contributed by atoms with Crippen molar-refractivity contribution in [2.24, 2.45) is 5.41 Å². The van der Waals surface area contributed by atoms with E-state index in [4.69, 9.17) is 25.8 Å². The Morgan fingerprint density at radius 2 is 1.53 bits per heavy atom. The number of aliphatic hydroxyl groups is 1. The first-order valence-electron chi connectivity index (χ1n) is 13.4. The molecule has 1 atom stereocenters. The Balaban J connectivity index is 2.00. The molecule has 0 heterocycles. The maximum absolute atomic E-state index is 14.9. The van der Waals surface area contributed by atoms with Gasteiger partial charge in [0.05, 0.1) is 37.9 Å². The summed E-state index contributed by atoms with van der Waals surface area (Å²) in [6, 6.07) is 7.05. The Morgan fingerprint density at radius 3 is 2.12 bits per heavy atom. The average molecular weight is 607 g/mol. The van der Waals surface area contributed by atoms with E-state index in [0.29, 0.717) is 16.9 Å². The van der Waals surface area contributed by atoms with Crippen molar-refractivity contribution < 1.29 is 43.9 Å². The summed E-state index contributed by atoms with van der Waals surface area (Å²) in [5.74, 6) is -2.40. The van der Waals surface area contributed by atoms with Gasteiger partial charge in [0.15, 0.2) is 11.6 Å². The number of aromatic hydroxyl groups is 2. The van der Waals surface area contributed by atoms with Gasteiger partial charge >= 0.3 is 0 Å². The molecule has 0 bridgehead atoms. The van der Waals surface area contributed by atoms with E-state index in [9.17, 15) is 29.7 Å². The highest BCUT2D eigenvalue weighted by Crippen LogP contribution is 2.62. The lowest BCUT2D eigenvalue weighted by Crippen LogP contribution is -2.56. The smallest absolute Gasteiger partial charge is 0.197 e. The summed E-state index contributed by atoms with van der Waals surface area (Å²) in [6.07, 6.45) is -0.428. The Hall–Kier alpha value is -4.50. The Labute approximate surface area is 253 Å². The second-order valence-electron chi connectivity index (χ2n) is 11.4. The van der Waals surface area contributed by atoms with Crippen molar-refractivity contribution in [3.8, 4) is 39.9 Å². The van der Waals surface area contributed by atoms with Crippen LogP contribution < -0.4 is 14.2 Å². The maximum Gasteiger partial charge on any atom is 0.197 e. The van der Waals surface area contributed by atoms with Crippen LogP contribution >= 0.6 is 11.6 Å². The number of fused-ring (bicyclic) bond motifs is 3. The van der Waals surface area contributed by atoms with E-state index >= 15 is 0 Å². The number of hydrogen-bond donors (Lipinski definition) is 3. The molecular weight excluding hydrogens is 576 g/mol. The second kappa shape index (κ2) is 10.1. The fraction of sp³-hybridized carbons (Fsp3) is 0.303. The standard InChI is InChI=1S/C33H31ClO9/c1-14-8-22(42-6)27(34)30(43-7)23(14)18-11-17(41-5)12-19-24(18)28(38)26-29(39)25-20(9-16(36)10-21(25)37)32(3,4)33(26,31(19)40)13-15(2)35/h8-12,36-38H,13H2,1-7H3. The summed E-state index contributed by atoms with van der Waals surface area (Å²) in [7, 11) is 4.30. The van der Waals surface area contributed by atoms with Crippen molar-refractivity contribution in [1.29, 1.82) is 0 Å². The number of phenols is 2. The van der Waals surface area contributed by atoms with Gasteiger partial charge in [0.1, 0.15) is 45.3 Å². The van der Waals surface area contributed by atoms with E-state index in [1.165, 1.54) is 40.4 Å². The number of halogens is 1. The van der Waals surface area contributed by atoms with Crippen molar-refractivity contribution in [2.75, 3.05) is 21.3 Å². The van der Waals surface area contributed by atoms with E-state index in [1.807, 2.05) is 0 Å². The lowest BCUT2D eigenvalue weighted by atomic mass is 9.47. The molecule has 2 aliphatic carbocycles. The summed E-state index contributed by atoms with van der Waals surface area (Å²) in [5.41, 5.74) is -2.21. The minimum atomic E-state index is -1.89. The molecule has 224 valence electrons. The van der Waals surface area contributed by atoms with E-state index in [0.717, 1.165) is 6.07 Å². The topological polar surface area (TPSA) is 140 Å². The number of aliphatic hydroxyl groups excluding tert-OH is 1. The number of ether oxygens (including phenoxy) is 3. The van der Waals surface area contributed by atoms with Crippen LogP contribution in [0.1, 0.15) is 64.6 Å². The molecule has 3 N–H and O–H groups in total. The SMILES string of the molecule is COc1cc2c(c(-c3c(C)cc(OC)c(Cl)c3OC)c1)C(O)=C1C(=O)c3c(O)cc(O)cc3C(C)(C)C1(CC(C)=O)C2=O. The van der Waals surface area contributed by atoms with Gasteiger partial charge in [0.25, 0.3) is 0 Å². The van der Waals surface area contributed by atoms with Gasteiger partial charge in [0, 0.05) is 40.2 Å². The van der Waals surface area contributed by atoms with Gasteiger partial charge in [-0.3, -0.25) is 14.4 Å². The number of carbonyl (C=O) groups excluding carboxylic acids is 3. The summed E-state index contributed by atoms with van der Waals surface area (Å²) < 4.78 is 16.7. The van der Waals surface area contributed by atoms with Crippen LogP contribution in [0.2, 0.25) is 5.02 Å². The maximum atomic E-state index is 14.9. The molecule has 3 aromatic carbocycles. The highest BCUT2D eigenvalue weighted by Gasteiger charge is 2.64. The number of ketones is 3. The van der Waals surface area contributed by atoms with Gasteiger partial charge in [-0.15, -0.1) is 0 Å². The number of allylic oxidation sites excluding steroid dienone is 1. The van der Waals surface area contributed by atoms with Crippen molar-refractivity contribution in [3.05, 3.63) is 68.7 Å². The number of aryl methyl sites for hydroxylation is 1. The normalized spacial score (nSPS) is 18.5. The minimum Gasteiger partial charge on any atom is -0.508 e. The largest absolute Gasteiger partial charge is 0.508 e. The zero-order valence-corrected chi connectivity index (χ0v) is 25.5. The molecule has 0 fully saturated rings. The third-order valence-electron chi connectivity index (χ3n) is 8.77. The van der Waals surface area contributed by atoms with E-state index in [1.54, 1.807) is 32.9 Å². The molecule has 3 aromatic rings. The lowest BCUT2D eigenvalue weighted by molar-refractivity contribution is -0.119. The first-order chi connectivity index (χ1) is 20.2. The third kappa shape index (κ3) is 3.94. The Bertz CT molecular complexity index is 1800. The second-order valence-corrected chi connectivity index (χ2v) is 11.8. The first kappa shape index (κ1) is 30.0. The molecule has 0 radical (unpaired) electrons. The third-order valence-corrected chi connectivity index (χ3v) is 9.13. The highest BCUT2D eigenvalue weighted by molar-refractivity contribution is 6.34. The number of Topliss-reactive ketones (excluding diaryl/α,β-unsaturated/α-hetero) is 3. The van der Waals surface area contributed by atoms with Crippen molar-refractivity contribution in [1.82, 2.24) is 0 Å². The number of rotatable bonds is 6. The molecule has 43 heavy (non-hydrogen) atoms. The van der Waals surface area contributed by atoms with Gasteiger partial charge in [-0.2, -0.15) is 0 Å². The number of phenolic OH excluding ortho intramolecular Hbond substituents is 2. The van der Waals surface area contributed by atoms with Crippen LogP contribution in [0.4, 0.5) is 0 Å². The van der Waals surface area contributed by atoms with Crippen LogP contribution in [-0.2, 0) is 10.2 Å². The summed E-state index contributed by atoms with van der Waals surface area (Å²) >= 11 is 6.63. The van der Waals surface area contributed by atoms with Gasteiger partial charge in [-0.1, -0.05) is 25.4 Å². The molecule has 0 amide bonds. The van der Waals surface area contributed by atoms with Crippen LogP contribution in [0.15, 0.2) is 35.9 Å². The quantitative estimate of drug-likeness (QED) is 0.292. The average Bonchev–Trinajstić information content (AvgIpc) is 2.94. The first-order valence-corrected chi connectivity index (χ1v) is 13.8. The van der Waals surface area contributed by atoms with Crippen molar-refractivity contribution >= 4 is 34.7 Å². The van der Waals surface area contributed by atoms with Crippen molar-refractivity contribution in [2.45, 2.75) is 39.5 Å². The zero-order chi connectivity index (χ0) is 31.8. The molecule has 2 aliphatic rings. The van der Waals surface area contributed by atoms with E-state index < -0.39 is 46.1 Å². The fourth-order valence-corrected chi connectivity index (χ4v) is 7.11. The summed E-state index contributed by atoms with van der Waals surface area (Å²) in [6.45, 7) is 6.36. The molecule has 5 rings (SSSR count). The Kier molecular flexibility index (Phi) is 7.01. The predicted molar refractivity (Wildman–Crippen MR) is 160 cm³/mol. The molecule has 0 saturated heterocycles. The van der Waals surface area contributed by atoms with Crippen molar-refractivity contribution in [3.63, 3.8) is 0 Å². The molecule has 9 nitrogen and oxygen atoms in total. The van der Waals surface area contributed by atoms with Gasteiger partial charge < -0.3 is 29.5 Å². The molecule has 0 aliphatic heterocycles. The molecule has 1 unspecified atom stereocenters. The summed E-state index contributed by atoms with van der Waals surface area (Å²) in [4.78, 5) is 42.1. The molecule has 0 spiro atoms. The van der Waals surface area contributed by atoms with Crippen LogP contribution in [0.3, 0.4) is 0 Å².